The van der Waals surface area contributed by atoms with Gasteiger partial charge in [-0.1, -0.05) is 18.2 Å². The van der Waals surface area contributed by atoms with Crippen molar-refractivity contribution >= 4 is 23.9 Å². The minimum Gasteiger partial charge on any atom is -0.506 e. The van der Waals surface area contributed by atoms with Gasteiger partial charge in [-0.05, 0) is 43.7 Å². The van der Waals surface area contributed by atoms with Crippen LogP contribution in [0.1, 0.15) is 19.4 Å². The normalized spacial score (nSPS) is 11.9. The van der Waals surface area contributed by atoms with Crippen LogP contribution in [-0.4, -0.2) is 27.9 Å². The zero-order chi connectivity index (χ0) is 17.9. The van der Waals surface area contributed by atoms with E-state index in [4.69, 9.17) is 9.05 Å². The van der Waals surface area contributed by atoms with Crippen molar-refractivity contribution in [2.24, 2.45) is 0 Å². The summed E-state index contributed by atoms with van der Waals surface area (Å²) in [5.41, 5.74) is 2.46. The van der Waals surface area contributed by atoms with Gasteiger partial charge in [0, 0.05) is 6.54 Å². The largest absolute Gasteiger partial charge is 0.506 e. The monoisotopic (exact) mass is 360 g/mol. The van der Waals surface area contributed by atoms with E-state index in [2.05, 4.69) is 4.98 Å². The highest BCUT2D eigenvalue weighted by atomic mass is 31.2. The van der Waals surface area contributed by atoms with Gasteiger partial charge in [-0.2, -0.15) is 0 Å². The van der Waals surface area contributed by atoms with E-state index in [0.717, 1.165) is 11.1 Å². The summed E-state index contributed by atoms with van der Waals surface area (Å²) >= 11 is 0. The molecule has 0 aliphatic heterocycles. The van der Waals surface area contributed by atoms with E-state index in [-0.39, 0.29) is 5.75 Å². The Kier molecular flexibility index (Phi) is 5.23. The molecule has 3 aromatic rings. The van der Waals surface area contributed by atoms with Gasteiger partial charge in [-0.25, -0.2) is 4.98 Å². The molecular formula is C18H21N2O4P. The number of benzene rings is 2. The first kappa shape index (κ1) is 17.7. The van der Waals surface area contributed by atoms with Crippen molar-refractivity contribution in [3.63, 3.8) is 0 Å². The highest BCUT2D eigenvalue weighted by Gasteiger charge is 2.26. The summed E-state index contributed by atoms with van der Waals surface area (Å²) in [7, 11) is -3.26. The van der Waals surface area contributed by atoms with Gasteiger partial charge >= 0.3 is 7.60 Å². The number of aromatic nitrogens is 2. The van der Waals surface area contributed by atoms with E-state index in [1.165, 1.54) is 0 Å². The average molecular weight is 360 g/mol. The van der Waals surface area contributed by atoms with Gasteiger partial charge in [0.25, 0.3) is 0 Å². The molecule has 1 aromatic heterocycles. The number of nitrogens with zero attached hydrogens (tertiary/aromatic N) is 2. The number of imidazole rings is 1. The molecule has 0 aliphatic rings. The second-order valence-electron chi connectivity index (χ2n) is 5.52. The van der Waals surface area contributed by atoms with Crippen molar-refractivity contribution < 1.29 is 18.7 Å². The molecule has 132 valence electrons. The smallest absolute Gasteiger partial charge is 0.361 e. The van der Waals surface area contributed by atoms with Gasteiger partial charge in [0.15, 0.2) is 0 Å². The third kappa shape index (κ3) is 3.61. The maximum absolute atomic E-state index is 12.8. The Morgan fingerprint density at radius 3 is 2.40 bits per heavy atom. The quantitative estimate of drug-likeness (QED) is 0.651. The first-order valence-electron chi connectivity index (χ1n) is 8.19. The van der Waals surface area contributed by atoms with Gasteiger partial charge < -0.3 is 18.7 Å². The highest BCUT2D eigenvalue weighted by molar-refractivity contribution is 7.62. The third-order valence-electron chi connectivity index (χ3n) is 3.83. The standard InChI is InChI=1S/C18H21N2O4P/c1-3-23-25(22,24-4-2)15-10-8-14(9-11-15)12-20-13-19-18-16(20)6-5-7-17(18)21/h5-11,13,21H,3-4,12H2,1-2H3. The van der Waals surface area contributed by atoms with Crippen LogP contribution in [0, 0.1) is 0 Å². The highest BCUT2D eigenvalue weighted by Crippen LogP contribution is 2.46. The fourth-order valence-electron chi connectivity index (χ4n) is 2.71. The predicted molar refractivity (Wildman–Crippen MR) is 97.4 cm³/mol. The topological polar surface area (TPSA) is 73.6 Å². The molecule has 0 aliphatic carbocycles. The van der Waals surface area contributed by atoms with E-state index < -0.39 is 7.60 Å². The van der Waals surface area contributed by atoms with Crippen LogP contribution in [0.5, 0.6) is 5.75 Å². The molecule has 1 N–H and O–H groups in total. The predicted octanol–water partition coefficient (Wildman–Crippen LogP) is 3.68. The van der Waals surface area contributed by atoms with E-state index in [1.807, 2.05) is 22.8 Å². The Morgan fingerprint density at radius 1 is 1.08 bits per heavy atom. The van der Waals surface area contributed by atoms with Crippen molar-refractivity contribution in [2.75, 3.05) is 13.2 Å². The van der Waals surface area contributed by atoms with Crippen molar-refractivity contribution in [1.29, 1.82) is 0 Å². The SMILES string of the molecule is CCOP(=O)(OCC)c1ccc(Cn2cnc3c(O)cccc32)cc1. The van der Waals surface area contributed by atoms with Crippen LogP contribution in [-0.2, 0) is 20.2 Å². The zero-order valence-corrected chi connectivity index (χ0v) is 15.1. The molecule has 0 bridgehead atoms. The number of phenols is 1. The number of hydrogen-bond donors (Lipinski definition) is 1. The molecule has 1 heterocycles. The molecule has 7 heteroatoms. The molecule has 0 saturated carbocycles. The second kappa shape index (κ2) is 7.40. The molecular weight excluding hydrogens is 339 g/mol. The van der Waals surface area contributed by atoms with Gasteiger partial charge in [0.05, 0.1) is 30.4 Å². The van der Waals surface area contributed by atoms with Crippen LogP contribution < -0.4 is 5.30 Å². The lowest BCUT2D eigenvalue weighted by Gasteiger charge is -2.17. The minimum absolute atomic E-state index is 0.168. The number of hydrogen-bond acceptors (Lipinski definition) is 5. The van der Waals surface area contributed by atoms with Gasteiger partial charge in [-0.3, -0.25) is 4.57 Å². The van der Waals surface area contributed by atoms with Crippen LogP contribution in [0.25, 0.3) is 11.0 Å². The summed E-state index contributed by atoms with van der Waals surface area (Å²) in [6.45, 7) is 4.82. The van der Waals surface area contributed by atoms with Crippen LogP contribution in [0.4, 0.5) is 0 Å². The summed E-state index contributed by atoms with van der Waals surface area (Å²) < 4.78 is 25.4. The Morgan fingerprint density at radius 2 is 1.76 bits per heavy atom. The zero-order valence-electron chi connectivity index (χ0n) is 14.3. The Bertz CT molecular complexity index is 895. The summed E-state index contributed by atoms with van der Waals surface area (Å²) in [6.07, 6.45) is 1.70. The molecule has 6 nitrogen and oxygen atoms in total. The third-order valence-corrected chi connectivity index (χ3v) is 5.96. The van der Waals surface area contributed by atoms with Crippen molar-refractivity contribution in [3.8, 4) is 5.75 Å². The van der Waals surface area contributed by atoms with E-state index >= 15 is 0 Å². The summed E-state index contributed by atoms with van der Waals surface area (Å²) in [5.74, 6) is 0.168. The summed E-state index contributed by atoms with van der Waals surface area (Å²) in [4.78, 5) is 4.25. The van der Waals surface area contributed by atoms with Crippen molar-refractivity contribution in [1.82, 2.24) is 9.55 Å². The molecule has 0 amide bonds. The molecule has 3 rings (SSSR count). The number of para-hydroxylation sites is 1. The van der Waals surface area contributed by atoms with Crippen molar-refractivity contribution in [2.45, 2.75) is 20.4 Å². The van der Waals surface area contributed by atoms with Crippen molar-refractivity contribution in [3.05, 3.63) is 54.4 Å². The first-order valence-corrected chi connectivity index (χ1v) is 9.73. The fraction of sp³-hybridized carbons (Fsp3) is 0.278. The lowest BCUT2D eigenvalue weighted by Crippen LogP contribution is -2.11. The van der Waals surface area contributed by atoms with E-state index in [0.29, 0.717) is 30.6 Å². The number of fused-ring (bicyclic) bond motifs is 1. The lowest BCUT2D eigenvalue weighted by molar-refractivity contribution is 0.230. The molecule has 0 atom stereocenters. The van der Waals surface area contributed by atoms with Crippen LogP contribution >= 0.6 is 7.60 Å². The van der Waals surface area contributed by atoms with Gasteiger partial charge in [0.2, 0.25) is 0 Å². The van der Waals surface area contributed by atoms with E-state index in [9.17, 15) is 9.67 Å². The fourth-order valence-corrected chi connectivity index (χ4v) is 4.27. The Balaban J connectivity index is 1.85. The van der Waals surface area contributed by atoms with Gasteiger partial charge in [0.1, 0.15) is 11.3 Å². The molecule has 0 saturated heterocycles. The molecule has 0 unspecified atom stereocenters. The number of aromatic hydroxyl groups is 1. The summed E-state index contributed by atoms with van der Waals surface area (Å²) in [5, 5.41) is 10.4. The van der Waals surface area contributed by atoms with Gasteiger partial charge in [-0.15, -0.1) is 0 Å². The number of rotatable bonds is 7. The first-order chi connectivity index (χ1) is 12.1. The summed E-state index contributed by atoms with van der Waals surface area (Å²) in [6, 6.07) is 12.7. The van der Waals surface area contributed by atoms with Crippen LogP contribution in [0.3, 0.4) is 0 Å². The lowest BCUT2D eigenvalue weighted by atomic mass is 10.2. The van der Waals surface area contributed by atoms with E-state index in [1.54, 1.807) is 44.4 Å². The van der Waals surface area contributed by atoms with Crippen LogP contribution in [0.15, 0.2) is 48.8 Å². The molecule has 25 heavy (non-hydrogen) atoms. The number of phenolic OH excluding ortho intramolecular Hbond substituents is 1. The molecule has 0 spiro atoms. The maximum atomic E-state index is 12.8. The minimum atomic E-state index is -3.26. The molecule has 0 radical (unpaired) electrons. The average Bonchev–Trinajstić information content (AvgIpc) is 3.00. The maximum Gasteiger partial charge on any atom is 0.361 e. The second-order valence-corrected chi connectivity index (χ2v) is 7.54. The Labute approximate surface area is 146 Å². The molecule has 0 fully saturated rings. The molecule has 2 aromatic carbocycles. The Hall–Kier alpha value is -2.14. The van der Waals surface area contributed by atoms with Crippen LogP contribution in [0.2, 0.25) is 0 Å².